The van der Waals surface area contributed by atoms with Crippen LogP contribution in [0.3, 0.4) is 0 Å². The van der Waals surface area contributed by atoms with Crippen LogP contribution in [0, 0.1) is 5.92 Å². The van der Waals surface area contributed by atoms with Gasteiger partial charge in [0.05, 0.1) is 12.0 Å². The van der Waals surface area contributed by atoms with E-state index in [2.05, 4.69) is 21.9 Å². The zero-order valence-corrected chi connectivity index (χ0v) is 11.3. The lowest BCUT2D eigenvalue weighted by Crippen LogP contribution is -2.34. The average Bonchev–Trinajstić information content (AvgIpc) is 2.85. The molecule has 5 heteroatoms. The van der Waals surface area contributed by atoms with Gasteiger partial charge in [-0.3, -0.25) is 0 Å². The third-order valence-corrected chi connectivity index (χ3v) is 4.22. The highest BCUT2D eigenvalue weighted by Gasteiger charge is 2.18. The van der Waals surface area contributed by atoms with Crippen molar-refractivity contribution in [2.45, 2.75) is 12.8 Å². The van der Waals surface area contributed by atoms with Crippen LogP contribution < -0.4 is 4.74 Å². The molecule has 0 aromatic carbocycles. The van der Waals surface area contributed by atoms with E-state index in [-0.39, 0.29) is 0 Å². The average molecular weight is 263 g/mol. The Bertz CT molecular complexity index is 528. The summed E-state index contributed by atoms with van der Waals surface area (Å²) in [4.78, 5) is 11.8. The Hall–Kier alpha value is -1.20. The second kappa shape index (κ2) is 5.20. The molecule has 1 saturated heterocycles. The molecule has 4 nitrogen and oxygen atoms in total. The summed E-state index contributed by atoms with van der Waals surface area (Å²) in [5.74, 6) is 1.35. The van der Waals surface area contributed by atoms with Crippen LogP contribution in [-0.2, 0) is 0 Å². The lowest BCUT2D eigenvalue weighted by atomic mass is 10.00. The number of thiophene rings is 1. The minimum Gasteiger partial charge on any atom is -0.477 e. The van der Waals surface area contributed by atoms with Crippen LogP contribution in [0.4, 0.5) is 0 Å². The highest BCUT2D eigenvalue weighted by Crippen LogP contribution is 2.26. The highest BCUT2D eigenvalue weighted by atomic mass is 32.1. The van der Waals surface area contributed by atoms with Gasteiger partial charge < -0.3 is 9.64 Å². The first-order chi connectivity index (χ1) is 8.83. The number of hydrogen-bond acceptors (Lipinski definition) is 5. The number of rotatable bonds is 3. The molecule has 2 aromatic heterocycles. The van der Waals surface area contributed by atoms with Gasteiger partial charge in [0, 0.05) is 12.5 Å². The Morgan fingerprint density at radius 3 is 3.33 bits per heavy atom. The third kappa shape index (κ3) is 2.47. The van der Waals surface area contributed by atoms with E-state index in [0.29, 0.717) is 5.92 Å². The first-order valence-corrected chi connectivity index (χ1v) is 7.20. The molecular weight excluding hydrogens is 246 g/mol. The van der Waals surface area contributed by atoms with Gasteiger partial charge in [-0.1, -0.05) is 0 Å². The molecule has 0 aliphatic carbocycles. The van der Waals surface area contributed by atoms with Crippen LogP contribution in [0.25, 0.3) is 10.2 Å². The van der Waals surface area contributed by atoms with Crippen LogP contribution in [0.1, 0.15) is 12.8 Å². The zero-order chi connectivity index (χ0) is 12.4. The largest absolute Gasteiger partial charge is 0.477 e. The molecule has 1 aliphatic heterocycles. The van der Waals surface area contributed by atoms with Gasteiger partial charge in [0.1, 0.15) is 11.2 Å². The van der Waals surface area contributed by atoms with Crippen LogP contribution in [0.15, 0.2) is 17.8 Å². The molecule has 3 heterocycles. The number of nitrogens with zero attached hydrogens (tertiary/aromatic N) is 3. The zero-order valence-electron chi connectivity index (χ0n) is 10.5. The van der Waals surface area contributed by atoms with Crippen molar-refractivity contribution < 1.29 is 4.74 Å². The summed E-state index contributed by atoms with van der Waals surface area (Å²) in [5.41, 5.74) is 0. The van der Waals surface area contributed by atoms with Gasteiger partial charge in [-0.25, -0.2) is 9.97 Å². The molecule has 0 N–H and O–H groups in total. The van der Waals surface area contributed by atoms with Gasteiger partial charge in [0.2, 0.25) is 5.88 Å². The van der Waals surface area contributed by atoms with Crippen LogP contribution in [0.2, 0.25) is 0 Å². The van der Waals surface area contributed by atoms with E-state index < -0.39 is 0 Å². The number of likely N-dealkylation sites (tertiary alicyclic amines) is 1. The number of piperidine rings is 1. The fourth-order valence-electron chi connectivity index (χ4n) is 2.49. The van der Waals surface area contributed by atoms with Crippen molar-refractivity contribution in [1.82, 2.24) is 14.9 Å². The molecule has 3 rings (SSSR count). The first-order valence-electron chi connectivity index (χ1n) is 6.32. The van der Waals surface area contributed by atoms with Crippen molar-refractivity contribution in [3.8, 4) is 5.88 Å². The lowest BCUT2D eigenvalue weighted by molar-refractivity contribution is 0.148. The molecule has 0 bridgehead atoms. The van der Waals surface area contributed by atoms with Gasteiger partial charge in [0.15, 0.2) is 0 Å². The van der Waals surface area contributed by atoms with Crippen LogP contribution in [-0.4, -0.2) is 41.6 Å². The van der Waals surface area contributed by atoms with Crippen LogP contribution in [0.5, 0.6) is 5.88 Å². The van der Waals surface area contributed by atoms with Gasteiger partial charge in [-0.15, -0.1) is 11.3 Å². The standard InChI is InChI=1S/C13H17N3OS/c1-16-5-2-3-10(7-16)8-17-12-11-4-6-18-13(11)15-9-14-12/h4,6,9-10H,2-3,5,7-8H2,1H3. The minimum absolute atomic E-state index is 0.618. The fraction of sp³-hybridized carbons (Fsp3) is 0.538. The smallest absolute Gasteiger partial charge is 0.225 e. The van der Waals surface area contributed by atoms with Crippen molar-refractivity contribution in [1.29, 1.82) is 0 Å². The maximum Gasteiger partial charge on any atom is 0.225 e. The Labute approximate surface area is 111 Å². The SMILES string of the molecule is CN1CCCC(COc2ncnc3sccc23)C1. The molecule has 1 atom stereocenters. The van der Waals surface area contributed by atoms with Gasteiger partial charge in [-0.05, 0) is 37.9 Å². The summed E-state index contributed by atoms with van der Waals surface area (Å²) in [6, 6.07) is 2.03. The van der Waals surface area contributed by atoms with Crippen molar-refractivity contribution in [2.24, 2.45) is 5.92 Å². The maximum absolute atomic E-state index is 5.89. The van der Waals surface area contributed by atoms with Gasteiger partial charge >= 0.3 is 0 Å². The summed E-state index contributed by atoms with van der Waals surface area (Å²) in [5, 5.41) is 3.06. The molecule has 2 aromatic rings. The quantitative estimate of drug-likeness (QED) is 0.852. The Kier molecular flexibility index (Phi) is 3.43. The number of ether oxygens (including phenoxy) is 1. The predicted molar refractivity (Wildman–Crippen MR) is 73.1 cm³/mol. The van der Waals surface area contributed by atoms with E-state index >= 15 is 0 Å². The molecule has 0 spiro atoms. The monoisotopic (exact) mass is 263 g/mol. The fourth-order valence-corrected chi connectivity index (χ4v) is 3.21. The maximum atomic E-state index is 5.89. The molecule has 18 heavy (non-hydrogen) atoms. The Balaban J connectivity index is 1.67. The van der Waals surface area contributed by atoms with E-state index in [1.165, 1.54) is 19.4 Å². The highest BCUT2D eigenvalue weighted by molar-refractivity contribution is 7.16. The molecular formula is C13H17N3OS. The number of aromatic nitrogens is 2. The second-order valence-electron chi connectivity index (χ2n) is 4.90. The molecule has 1 aliphatic rings. The Morgan fingerprint density at radius 2 is 2.44 bits per heavy atom. The molecule has 0 radical (unpaired) electrons. The van der Waals surface area contributed by atoms with Crippen molar-refractivity contribution >= 4 is 21.6 Å². The van der Waals surface area contributed by atoms with E-state index in [1.807, 2.05) is 11.4 Å². The predicted octanol–water partition coefficient (Wildman–Crippen LogP) is 2.41. The number of hydrogen-bond donors (Lipinski definition) is 0. The summed E-state index contributed by atoms with van der Waals surface area (Å²) in [7, 11) is 2.17. The summed E-state index contributed by atoms with van der Waals surface area (Å²) < 4.78 is 5.89. The number of fused-ring (bicyclic) bond motifs is 1. The molecule has 0 saturated carbocycles. The van der Waals surface area contributed by atoms with Crippen LogP contribution >= 0.6 is 11.3 Å². The normalized spacial score (nSPS) is 21.3. The minimum atomic E-state index is 0.618. The van der Waals surface area contributed by atoms with E-state index in [9.17, 15) is 0 Å². The molecule has 1 unspecified atom stereocenters. The van der Waals surface area contributed by atoms with Gasteiger partial charge in [0.25, 0.3) is 0 Å². The van der Waals surface area contributed by atoms with Gasteiger partial charge in [-0.2, -0.15) is 0 Å². The molecule has 0 amide bonds. The summed E-state index contributed by atoms with van der Waals surface area (Å²) in [6.07, 6.45) is 4.10. The van der Waals surface area contributed by atoms with Crippen molar-refractivity contribution in [2.75, 3.05) is 26.7 Å². The van der Waals surface area contributed by atoms with Crippen molar-refractivity contribution in [3.05, 3.63) is 17.8 Å². The topological polar surface area (TPSA) is 38.2 Å². The van der Waals surface area contributed by atoms with E-state index in [0.717, 1.165) is 29.2 Å². The van der Waals surface area contributed by atoms with Crippen molar-refractivity contribution in [3.63, 3.8) is 0 Å². The van der Waals surface area contributed by atoms with E-state index in [1.54, 1.807) is 17.7 Å². The third-order valence-electron chi connectivity index (χ3n) is 3.40. The Morgan fingerprint density at radius 1 is 1.50 bits per heavy atom. The lowest BCUT2D eigenvalue weighted by Gasteiger charge is -2.29. The summed E-state index contributed by atoms with van der Waals surface area (Å²) in [6.45, 7) is 3.09. The molecule has 1 fully saturated rings. The first kappa shape index (κ1) is 11.9. The van der Waals surface area contributed by atoms with E-state index in [4.69, 9.17) is 4.74 Å². The second-order valence-corrected chi connectivity index (χ2v) is 5.79. The summed E-state index contributed by atoms with van der Waals surface area (Å²) >= 11 is 1.62. The molecule has 96 valence electrons.